The lowest BCUT2D eigenvalue weighted by Gasteiger charge is -2.65. The zero-order valence-corrected chi connectivity index (χ0v) is 15.6. The van der Waals surface area contributed by atoms with E-state index in [2.05, 4.69) is 40.7 Å². The molecule has 0 bridgehead atoms. The molecule has 0 amide bonds. The Kier molecular flexibility index (Phi) is 3.97. The van der Waals surface area contributed by atoms with Gasteiger partial charge in [-0.3, -0.25) is 4.79 Å². The number of carbonyl (C=O) groups is 1. The second kappa shape index (κ2) is 5.36. The molecule has 3 aliphatic carbocycles. The number of carboxylic acids is 1. The monoisotopic (exact) mass is 318 g/mol. The van der Waals surface area contributed by atoms with Crippen LogP contribution in [0.2, 0.25) is 0 Å². The van der Waals surface area contributed by atoms with Gasteiger partial charge in [0.15, 0.2) is 0 Å². The fraction of sp³-hybridized carbons (Fsp3) is 0.857. The Morgan fingerprint density at radius 2 is 1.83 bits per heavy atom. The number of rotatable bonds is 2. The minimum absolute atomic E-state index is 0.163. The molecule has 2 heteroatoms. The molecule has 2 saturated carbocycles. The molecule has 0 heterocycles. The summed E-state index contributed by atoms with van der Waals surface area (Å²) in [6, 6.07) is 0. The van der Waals surface area contributed by atoms with Gasteiger partial charge >= 0.3 is 5.97 Å². The molecule has 3 rings (SSSR count). The molecule has 2 fully saturated rings. The molecule has 1 N–H and O–H groups in total. The van der Waals surface area contributed by atoms with Gasteiger partial charge in [-0.1, -0.05) is 45.8 Å². The smallest absolute Gasteiger partial charge is 0.303 e. The Morgan fingerprint density at radius 3 is 2.48 bits per heavy atom. The largest absolute Gasteiger partial charge is 0.481 e. The maximum atomic E-state index is 11.5. The topological polar surface area (TPSA) is 37.3 Å². The third kappa shape index (κ3) is 2.48. The van der Waals surface area contributed by atoms with Gasteiger partial charge in [0.1, 0.15) is 0 Å². The van der Waals surface area contributed by atoms with Crippen LogP contribution < -0.4 is 0 Å². The summed E-state index contributed by atoms with van der Waals surface area (Å²) in [6.07, 6.45) is 10.3. The molecular formula is C21H34O2. The maximum Gasteiger partial charge on any atom is 0.303 e. The van der Waals surface area contributed by atoms with Crippen LogP contribution in [0.3, 0.4) is 0 Å². The molecule has 2 nitrogen and oxygen atoms in total. The van der Waals surface area contributed by atoms with Gasteiger partial charge in [0.2, 0.25) is 0 Å². The van der Waals surface area contributed by atoms with E-state index in [0.29, 0.717) is 23.2 Å². The first kappa shape index (κ1) is 17.0. The number of aliphatic carboxylic acids is 1. The SMILES string of the molecule is CC1=CC[C@H]2[C@@](C)(CC[C@H]3C(C)(C)CCC[C@]23C)[C@@H]1CC(=O)O. The van der Waals surface area contributed by atoms with Crippen molar-refractivity contribution in [1.29, 1.82) is 0 Å². The van der Waals surface area contributed by atoms with Crippen LogP contribution in [-0.4, -0.2) is 11.1 Å². The van der Waals surface area contributed by atoms with Crippen molar-refractivity contribution < 1.29 is 9.90 Å². The minimum atomic E-state index is -0.638. The van der Waals surface area contributed by atoms with Crippen molar-refractivity contribution in [3.8, 4) is 0 Å². The van der Waals surface area contributed by atoms with Gasteiger partial charge in [-0.15, -0.1) is 0 Å². The average molecular weight is 319 g/mol. The van der Waals surface area contributed by atoms with Gasteiger partial charge in [-0.25, -0.2) is 0 Å². The molecule has 0 aromatic rings. The Balaban J connectivity index is 2.01. The molecule has 130 valence electrons. The third-order valence-corrected chi connectivity index (χ3v) is 8.24. The van der Waals surface area contributed by atoms with Crippen molar-refractivity contribution in [2.45, 2.75) is 79.6 Å². The molecule has 0 spiro atoms. The summed E-state index contributed by atoms with van der Waals surface area (Å²) in [6.45, 7) is 12.0. The summed E-state index contributed by atoms with van der Waals surface area (Å²) in [4.78, 5) is 11.5. The summed E-state index contributed by atoms with van der Waals surface area (Å²) in [5.41, 5.74) is 2.30. The first-order chi connectivity index (χ1) is 10.6. The van der Waals surface area contributed by atoms with Crippen LogP contribution in [0.5, 0.6) is 0 Å². The van der Waals surface area contributed by atoms with Crippen molar-refractivity contribution in [2.75, 3.05) is 0 Å². The highest BCUT2D eigenvalue weighted by molar-refractivity contribution is 5.67. The van der Waals surface area contributed by atoms with Crippen LogP contribution in [0.1, 0.15) is 79.6 Å². The molecule has 23 heavy (non-hydrogen) atoms. The first-order valence-electron chi connectivity index (χ1n) is 9.50. The van der Waals surface area contributed by atoms with Crippen molar-refractivity contribution >= 4 is 5.97 Å². The van der Waals surface area contributed by atoms with E-state index in [-0.39, 0.29) is 11.3 Å². The van der Waals surface area contributed by atoms with E-state index in [1.807, 2.05) is 0 Å². The van der Waals surface area contributed by atoms with Crippen molar-refractivity contribution in [3.63, 3.8) is 0 Å². The molecular weight excluding hydrogens is 284 g/mol. The lowest BCUT2D eigenvalue weighted by atomic mass is 9.39. The van der Waals surface area contributed by atoms with Gasteiger partial charge in [0.25, 0.3) is 0 Å². The van der Waals surface area contributed by atoms with E-state index in [4.69, 9.17) is 0 Å². The van der Waals surface area contributed by atoms with Crippen molar-refractivity contribution in [2.24, 2.45) is 34.0 Å². The number of hydrogen-bond donors (Lipinski definition) is 1. The molecule has 0 saturated heterocycles. The number of allylic oxidation sites excluding steroid dienone is 2. The average Bonchev–Trinajstić information content (AvgIpc) is 2.41. The van der Waals surface area contributed by atoms with Crippen LogP contribution in [-0.2, 0) is 4.79 Å². The van der Waals surface area contributed by atoms with E-state index in [9.17, 15) is 9.90 Å². The second-order valence-electron chi connectivity index (χ2n) is 9.83. The minimum Gasteiger partial charge on any atom is -0.481 e. The van der Waals surface area contributed by atoms with E-state index >= 15 is 0 Å². The van der Waals surface area contributed by atoms with Gasteiger partial charge < -0.3 is 5.11 Å². The van der Waals surface area contributed by atoms with Crippen molar-refractivity contribution in [3.05, 3.63) is 11.6 Å². The second-order valence-corrected chi connectivity index (χ2v) is 9.83. The summed E-state index contributed by atoms with van der Waals surface area (Å²) in [7, 11) is 0. The Morgan fingerprint density at radius 1 is 1.13 bits per heavy atom. The van der Waals surface area contributed by atoms with Crippen LogP contribution in [0.4, 0.5) is 0 Å². The fourth-order valence-electron chi connectivity index (χ4n) is 7.18. The Bertz CT molecular complexity index is 532. The molecule has 0 unspecified atom stereocenters. The molecule has 0 aliphatic heterocycles. The summed E-state index contributed by atoms with van der Waals surface area (Å²) in [5.74, 6) is 1.02. The molecule has 0 aromatic carbocycles. The zero-order valence-electron chi connectivity index (χ0n) is 15.6. The van der Waals surface area contributed by atoms with Crippen LogP contribution in [0, 0.1) is 34.0 Å². The normalized spacial score (nSPS) is 45.6. The molecule has 0 aromatic heterocycles. The predicted octanol–water partition coefficient (Wildman–Crippen LogP) is 5.68. The third-order valence-electron chi connectivity index (χ3n) is 8.24. The van der Waals surface area contributed by atoms with Crippen LogP contribution in [0.25, 0.3) is 0 Å². The quantitative estimate of drug-likeness (QED) is 0.665. The first-order valence-corrected chi connectivity index (χ1v) is 9.50. The summed E-state index contributed by atoms with van der Waals surface area (Å²) >= 11 is 0. The van der Waals surface area contributed by atoms with Crippen LogP contribution >= 0.6 is 0 Å². The van der Waals surface area contributed by atoms with Crippen LogP contribution in [0.15, 0.2) is 11.6 Å². The Hall–Kier alpha value is -0.790. The van der Waals surface area contributed by atoms with E-state index in [1.54, 1.807) is 0 Å². The molecule has 3 aliphatic rings. The van der Waals surface area contributed by atoms with E-state index in [0.717, 1.165) is 12.3 Å². The Labute approximate surface area is 141 Å². The lowest BCUT2D eigenvalue weighted by molar-refractivity contribution is -0.155. The van der Waals surface area contributed by atoms with Gasteiger partial charge in [0, 0.05) is 0 Å². The highest BCUT2D eigenvalue weighted by Crippen LogP contribution is 2.68. The zero-order chi connectivity index (χ0) is 17.0. The lowest BCUT2D eigenvalue weighted by Crippen LogP contribution is -2.57. The van der Waals surface area contributed by atoms with E-state index < -0.39 is 5.97 Å². The van der Waals surface area contributed by atoms with Gasteiger partial charge in [-0.2, -0.15) is 0 Å². The predicted molar refractivity (Wildman–Crippen MR) is 94.2 cm³/mol. The molecule has 0 radical (unpaired) electrons. The highest BCUT2D eigenvalue weighted by atomic mass is 16.4. The summed E-state index contributed by atoms with van der Waals surface area (Å²) in [5, 5.41) is 9.44. The van der Waals surface area contributed by atoms with Gasteiger partial charge in [0.05, 0.1) is 6.42 Å². The highest BCUT2D eigenvalue weighted by Gasteiger charge is 2.60. The number of fused-ring (bicyclic) bond motifs is 3. The van der Waals surface area contributed by atoms with Gasteiger partial charge in [-0.05, 0) is 73.0 Å². The summed E-state index contributed by atoms with van der Waals surface area (Å²) < 4.78 is 0. The molecule has 5 atom stereocenters. The standard InChI is InChI=1S/C21H34O2/c1-14-7-8-17-20(4,15(14)13-18(22)23)12-9-16-19(2,3)10-6-11-21(16,17)5/h7,15-17H,6,8-13H2,1-5H3,(H,22,23)/t15-,16+,17+,20+,21+/m1/s1. The number of carboxylic acid groups (broad SMARTS) is 1. The van der Waals surface area contributed by atoms with E-state index in [1.165, 1.54) is 37.7 Å². The number of hydrogen-bond acceptors (Lipinski definition) is 1. The fourth-order valence-corrected chi connectivity index (χ4v) is 7.18. The van der Waals surface area contributed by atoms with Crippen molar-refractivity contribution in [1.82, 2.24) is 0 Å². The maximum absolute atomic E-state index is 11.5.